The minimum Gasteiger partial charge on any atom is -0.342 e. The van der Waals surface area contributed by atoms with Gasteiger partial charge in [-0.05, 0) is 62.8 Å². The smallest absolute Gasteiger partial charge is 0.230 e. The van der Waals surface area contributed by atoms with E-state index in [1.807, 2.05) is 0 Å². The fraction of sp³-hybridized carbons (Fsp3) is 0.632. The van der Waals surface area contributed by atoms with E-state index in [9.17, 15) is 13.6 Å². The fourth-order valence-electron chi connectivity index (χ4n) is 4.32. The summed E-state index contributed by atoms with van der Waals surface area (Å²) in [5, 5.41) is 0. The number of piperidine rings is 1. The van der Waals surface area contributed by atoms with Crippen LogP contribution in [0.1, 0.15) is 37.7 Å². The zero-order valence-corrected chi connectivity index (χ0v) is 13.9. The van der Waals surface area contributed by atoms with Crippen LogP contribution < -0.4 is 0 Å². The standard InChI is InChI=1S/C19H24F2N2O/c20-16-4-5-17(21)15(10-16)12-22-9-7-19(13-22)6-1-8-23(18(19)24)11-14-2-3-14/h4-5,10,14H,1-3,6-9,11-13H2. The van der Waals surface area contributed by atoms with Crippen LogP contribution in [0.2, 0.25) is 0 Å². The number of hydrogen-bond donors (Lipinski definition) is 0. The van der Waals surface area contributed by atoms with E-state index >= 15 is 0 Å². The average Bonchev–Trinajstić information content (AvgIpc) is 3.29. The number of halogens is 2. The van der Waals surface area contributed by atoms with Crippen molar-refractivity contribution in [2.45, 2.75) is 38.6 Å². The van der Waals surface area contributed by atoms with Gasteiger partial charge in [-0.2, -0.15) is 0 Å². The number of nitrogens with zero attached hydrogens (tertiary/aromatic N) is 2. The Labute approximate surface area is 141 Å². The first-order valence-electron chi connectivity index (χ1n) is 9.01. The maximum absolute atomic E-state index is 13.9. The van der Waals surface area contributed by atoms with Crippen molar-refractivity contribution in [3.63, 3.8) is 0 Å². The summed E-state index contributed by atoms with van der Waals surface area (Å²) in [6, 6.07) is 3.59. The third-order valence-corrected chi connectivity index (χ3v) is 5.83. The second-order valence-corrected chi connectivity index (χ2v) is 7.77. The van der Waals surface area contributed by atoms with E-state index in [1.54, 1.807) is 0 Å². The van der Waals surface area contributed by atoms with Crippen LogP contribution >= 0.6 is 0 Å². The minimum atomic E-state index is -0.412. The van der Waals surface area contributed by atoms with Crippen LogP contribution in [0.25, 0.3) is 0 Å². The van der Waals surface area contributed by atoms with Crippen molar-refractivity contribution in [2.75, 3.05) is 26.2 Å². The molecule has 1 amide bonds. The molecule has 2 saturated heterocycles. The van der Waals surface area contributed by atoms with Gasteiger partial charge in [0, 0.05) is 31.7 Å². The summed E-state index contributed by atoms with van der Waals surface area (Å²) >= 11 is 0. The number of carbonyl (C=O) groups is 1. The van der Waals surface area contributed by atoms with Crippen LogP contribution in [0.4, 0.5) is 8.78 Å². The van der Waals surface area contributed by atoms with Crippen molar-refractivity contribution >= 4 is 5.91 Å². The Bertz CT molecular complexity index is 646. The summed E-state index contributed by atoms with van der Waals surface area (Å²) in [5.74, 6) is 0.221. The van der Waals surface area contributed by atoms with E-state index in [1.165, 1.54) is 25.0 Å². The van der Waals surface area contributed by atoms with Crippen molar-refractivity contribution in [1.82, 2.24) is 9.80 Å². The molecule has 1 spiro atoms. The van der Waals surface area contributed by atoms with Crippen LogP contribution in [0.5, 0.6) is 0 Å². The predicted octanol–water partition coefficient (Wildman–Crippen LogP) is 3.19. The van der Waals surface area contributed by atoms with Gasteiger partial charge >= 0.3 is 0 Å². The van der Waals surface area contributed by atoms with Gasteiger partial charge in [0.05, 0.1) is 5.41 Å². The Morgan fingerprint density at radius 2 is 2.00 bits per heavy atom. The fourth-order valence-corrected chi connectivity index (χ4v) is 4.32. The molecule has 1 aliphatic carbocycles. The molecule has 130 valence electrons. The van der Waals surface area contributed by atoms with Gasteiger partial charge in [0.25, 0.3) is 0 Å². The molecule has 3 fully saturated rings. The van der Waals surface area contributed by atoms with Crippen LogP contribution in [0.3, 0.4) is 0 Å². The summed E-state index contributed by atoms with van der Waals surface area (Å²) in [5.41, 5.74) is 0.0851. The monoisotopic (exact) mass is 334 g/mol. The molecule has 1 saturated carbocycles. The minimum absolute atomic E-state index is 0.294. The van der Waals surface area contributed by atoms with Gasteiger partial charge in [-0.1, -0.05) is 0 Å². The summed E-state index contributed by atoms with van der Waals surface area (Å²) in [7, 11) is 0. The van der Waals surface area contributed by atoms with Crippen molar-refractivity contribution in [1.29, 1.82) is 0 Å². The second-order valence-electron chi connectivity index (χ2n) is 7.77. The zero-order valence-electron chi connectivity index (χ0n) is 13.9. The molecule has 1 unspecified atom stereocenters. The van der Waals surface area contributed by atoms with Gasteiger partial charge in [0.1, 0.15) is 11.6 Å². The number of benzene rings is 1. The molecule has 4 rings (SSSR count). The molecule has 2 aliphatic heterocycles. The highest BCUT2D eigenvalue weighted by molar-refractivity contribution is 5.84. The Kier molecular flexibility index (Phi) is 4.07. The maximum Gasteiger partial charge on any atom is 0.230 e. The second kappa shape index (κ2) is 6.10. The van der Waals surface area contributed by atoms with Crippen molar-refractivity contribution in [2.24, 2.45) is 11.3 Å². The van der Waals surface area contributed by atoms with Gasteiger partial charge in [-0.3, -0.25) is 9.69 Å². The molecule has 24 heavy (non-hydrogen) atoms. The van der Waals surface area contributed by atoms with E-state index in [0.717, 1.165) is 45.0 Å². The number of likely N-dealkylation sites (tertiary alicyclic amines) is 2. The number of hydrogen-bond acceptors (Lipinski definition) is 2. The Morgan fingerprint density at radius 1 is 1.17 bits per heavy atom. The molecule has 5 heteroatoms. The van der Waals surface area contributed by atoms with Gasteiger partial charge in [0.15, 0.2) is 0 Å². The lowest BCUT2D eigenvalue weighted by molar-refractivity contribution is -0.145. The molecule has 1 atom stereocenters. The van der Waals surface area contributed by atoms with E-state index in [0.29, 0.717) is 30.5 Å². The summed E-state index contributed by atoms with van der Waals surface area (Å²) in [6.45, 7) is 3.62. The van der Waals surface area contributed by atoms with Crippen molar-refractivity contribution in [3.8, 4) is 0 Å². The highest BCUT2D eigenvalue weighted by Crippen LogP contribution is 2.42. The van der Waals surface area contributed by atoms with Gasteiger partial charge in [0.2, 0.25) is 5.91 Å². The van der Waals surface area contributed by atoms with Gasteiger partial charge in [-0.25, -0.2) is 8.78 Å². The normalized spacial score (nSPS) is 28.1. The molecule has 2 heterocycles. The first-order chi connectivity index (χ1) is 11.6. The zero-order chi connectivity index (χ0) is 16.7. The third kappa shape index (κ3) is 3.06. The number of carbonyl (C=O) groups excluding carboxylic acids is 1. The molecular weight excluding hydrogens is 310 g/mol. The maximum atomic E-state index is 13.9. The van der Waals surface area contributed by atoms with Gasteiger partial charge in [-0.15, -0.1) is 0 Å². The first-order valence-corrected chi connectivity index (χ1v) is 9.01. The van der Waals surface area contributed by atoms with E-state index in [-0.39, 0.29) is 11.2 Å². The predicted molar refractivity (Wildman–Crippen MR) is 87.2 cm³/mol. The van der Waals surface area contributed by atoms with Crippen LogP contribution in [0, 0.1) is 23.0 Å². The van der Waals surface area contributed by atoms with Crippen LogP contribution in [-0.4, -0.2) is 41.9 Å². The lowest BCUT2D eigenvalue weighted by Gasteiger charge is -2.39. The SMILES string of the molecule is O=C1N(CC2CC2)CCCC12CCN(Cc1cc(F)ccc1F)C2. The van der Waals surface area contributed by atoms with E-state index in [2.05, 4.69) is 9.80 Å². The van der Waals surface area contributed by atoms with Crippen LogP contribution in [-0.2, 0) is 11.3 Å². The lowest BCUT2D eigenvalue weighted by atomic mass is 9.78. The molecule has 0 radical (unpaired) electrons. The molecule has 0 aromatic heterocycles. The Morgan fingerprint density at radius 3 is 2.79 bits per heavy atom. The molecule has 3 nitrogen and oxygen atoms in total. The molecular formula is C19H24F2N2O. The van der Waals surface area contributed by atoms with E-state index < -0.39 is 5.82 Å². The topological polar surface area (TPSA) is 23.6 Å². The highest BCUT2D eigenvalue weighted by atomic mass is 19.1. The molecule has 0 N–H and O–H groups in total. The number of rotatable bonds is 4. The van der Waals surface area contributed by atoms with Crippen molar-refractivity contribution < 1.29 is 13.6 Å². The Balaban J connectivity index is 1.44. The quantitative estimate of drug-likeness (QED) is 0.844. The third-order valence-electron chi connectivity index (χ3n) is 5.83. The summed E-state index contributed by atoms with van der Waals surface area (Å²) in [6.07, 6.45) is 5.32. The van der Waals surface area contributed by atoms with Crippen molar-refractivity contribution in [3.05, 3.63) is 35.4 Å². The largest absolute Gasteiger partial charge is 0.342 e. The van der Waals surface area contributed by atoms with Gasteiger partial charge < -0.3 is 4.90 Å². The molecule has 0 bridgehead atoms. The molecule has 1 aromatic rings. The number of amides is 1. The highest BCUT2D eigenvalue weighted by Gasteiger charge is 2.48. The summed E-state index contributed by atoms with van der Waals surface area (Å²) in [4.78, 5) is 17.2. The first kappa shape index (κ1) is 16.0. The average molecular weight is 334 g/mol. The lowest BCUT2D eigenvalue weighted by Crippen LogP contribution is -2.50. The Hall–Kier alpha value is -1.49. The van der Waals surface area contributed by atoms with E-state index in [4.69, 9.17) is 0 Å². The molecule has 3 aliphatic rings. The molecule has 1 aromatic carbocycles. The van der Waals surface area contributed by atoms with Crippen LogP contribution in [0.15, 0.2) is 18.2 Å². The summed E-state index contributed by atoms with van der Waals surface area (Å²) < 4.78 is 27.2.